The Kier molecular flexibility index (Phi) is 6.20. The lowest BCUT2D eigenvalue weighted by molar-refractivity contribution is 0.0946. The standard InChI is InChI=1S/C17H16Br3N5O/c18-10-3-5-12(6-4-10)25-14(8-13(19)15(25)20)16(26)22-7-1-2-11-9-23-17(21)24-11/h3-6,8-9H,1-2,7H2,(H,22,26)(H3,21,23,24). The molecule has 0 fully saturated rings. The van der Waals surface area contributed by atoms with Crippen molar-refractivity contribution in [3.05, 3.63) is 61.5 Å². The molecule has 3 rings (SSSR count). The zero-order chi connectivity index (χ0) is 18.7. The van der Waals surface area contributed by atoms with Gasteiger partial charge in [-0.25, -0.2) is 4.98 Å². The third-order valence-electron chi connectivity index (χ3n) is 3.77. The van der Waals surface area contributed by atoms with E-state index in [4.69, 9.17) is 5.73 Å². The molecular formula is C17H16Br3N5O. The maximum atomic E-state index is 12.7. The van der Waals surface area contributed by atoms with Crippen LogP contribution in [0.5, 0.6) is 0 Å². The van der Waals surface area contributed by atoms with Crippen LogP contribution in [0.3, 0.4) is 0 Å². The SMILES string of the molecule is Nc1ncc(CCCNC(=O)c2cc(Br)c(Br)n2-c2ccc(Br)cc2)[nH]1. The highest BCUT2D eigenvalue weighted by Gasteiger charge is 2.18. The molecule has 4 N–H and O–H groups in total. The van der Waals surface area contributed by atoms with Gasteiger partial charge >= 0.3 is 0 Å². The van der Waals surface area contributed by atoms with Gasteiger partial charge in [-0.1, -0.05) is 15.9 Å². The lowest BCUT2D eigenvalue weighted by atomic mass is 10.2. The van der Waals surface area contributed by atoms with Gasteiger partial charge in [-0.2, -0.15) is 0 Å². The van der Waals surface area contributed by atoms with Gasteiger partial charge in [0.25, 0.3) is 5.91 Å². The topological polar surface area (TPSA) is 88.7 Å². The van der Waals surface area contributed by atoms with Crippen molar-refractivity contribution in [2.75, 3.05) is 12.3 Å². The normalized spacial score (nSPS) is 10.9. The van der Waals surface area contributed by atoms with Gasteiger partial charge in [-0.05, 0) is 75.0 Å². The first-order valence-electron chi connectivity index (χ1n) is 7.86. The Hall–Kier alpha value is -1.58. The highest BCUT2D eigenvalue weighted by Crippen LogP contribution is 2.31. The van der Waals surface area contributed by atoms with E-state index in [-0.39, 0.29) is 5.91 Å². The zero-order valence-electron chi connectivity index (χ0n) is 13.6. The van der Waals surface area contributed by atoms with E-state index in [1.54, 1.807) is 12.3 Å². The lowest BCUT2D eigenvalue weighted by Gasteiger charge is -2.11. The van der Waals surface area contributed by atoms with Crippen molar-refractivity contribution in [1.82, 2.24) is 19.9 Å². The molecule has 2 aromatic heterocycles. The Bertz CT molecular complexity index is 917. The third kappa shape index (κ3) is 4.39. The largest absolute Gasteiger partial charge is 0.369 e. The Balaban J connectivity index is 1.69. The van der Waals surface area contributed by atoms with Crippen LogP contribution in [0.25, 0.3) is 5.69 Å². The quantitative estimate of drug-likeness (QED) is 0.400. The number of amides is 1. The van der Waals surface area contributed by atoms with Gasteiger partial charge in [0.05, 0.1) is 10.7 Å². The molecule has 0 radical (unpaired) electrons. The van der Waals surface area contributed by atoms with E-state index in [2.05, 4.69) is 63.1 Å². The van der Waals surface area contributed by atoms with Crippen LogP contribution in [0.15, 0.2) is 50.1 Å². The number of hydrogen-bond acceptors (Lipinski definition) is 3. The summed E-state index contributed by atoms with van der Waals surface area (Å²) in [5.41, 5.74) is 7.96. The van der Waals surface area contributed by atoms with Gasteiger partial charge in [0.2, 0.25) is 0 Å². The number of aryl methyl sites for hydroxylation is 1. The van der Waals surface area contributed by atoms with E-state index < -0.39 is 0 Å². The molecule has 0 bridgehead atoms. The molecule has 2 heterocycles. The fraction of sp³-hybridized carbons (Fsp3) is 0.176. The number of carbonyl (C=O) groups is 1. The molecule has 0 saturated heterocycles. The van der Waals surface area contributed by atoms with Crippen molar-refractivity contribution < 1.29 is 4.79 Å². The number of hydrogen-bond donors (Lipinski definition) is 3. The van der Waals surface area contributed by atoms with Crippen LogP contribution >= 0.6 is 47.8 Å². The van der Waals surface area contributed by atoms with Crippen molar-refractivity contribution >= 4 is 59.6 Å². The number of nitrogen functional groups attached to an aromatic ring is 1. The van der Waals surface area contributed by atoms with E-state index in [9.17, 15) is 4.79 Å². The Morgan fingerprint density at radius 2 is 1.96 bits per heavy atom. The average molecular weight is 546 g/mol. The molecule has 0 atom stereocenters. The third-order valence-corrected chi connectivity index (χ3v) is 6.22. The number of aromatic nitrogens is 3. The predicted octanol–water partition coefficient (Wildman–Crippen LogP) is 4.43. The number of aromatic amines is 1. The molecule has 1 amide bonds. The van der Waals surface area contributed by atoms with Crippen LogP contribution in [-0.2, 0) is 6.42 Å². The van der Waals surface area contributed by atoms with Crippen LogP contribution in [-0.4, -0.2) is 27.0 Å². The molecule has 0 saturated carbocycles. The number of nitrogens with zero attached hydrogens (tertiary/aromatic N) is 2. The Morgan fingerprint density at radius 1 is 1.23 bits per heavy atom. The molecule has 0 aliphatic rings. The van der Waals surface area contributed by atoms with E-state index in [0.29, 0.717) is 18.2 Å². The first-order chi connectivity index (χ1) is 12.5. The number of carbonyl (C=O) groups excluding carboxylic acids is 1. The summed E-state index contributed by atoms with van der Waals surface area (Å²) < 4.78 is 4.45. The Labute approximate surface area is 176 Å². The fourth-order valence-electron chi connectivity index (χ4n) is 2.54. The summed E-state index contributed by atoms with van der Waals surface area (Å²) in [5, 5.41) is 2.96. The summed E-state index contributed by atoms with van der Waals surface area (Å²) in [6.45, 7) is 0.554. The molecule has 3 aromatic rings. The smallest absolute Gasteiger partial charge is 0.268 e. The minimum atomic E-state index is -0.136. The number of H-pyrrole nitrogens is 1. The highest BCUT2D eigenvalue weighted by atomic mass is 79.9. The minimum Gasteiger partial charge on any atom is -0.369 e. The molecule has 9 heteroatoms. The number of rotatable bonds is 6. The van der Waals surface area contributed by atoms with Gasteiger partial charge in [0.1, 0.15) is 10.3 Å². The first-order valence-corrected chi connectivity index (χ1v) is 10.2. The molecule has 0 aliphatic carbocycles. The second kappa shape index (κ2) is 8.41. The average Bonchev–Trinajstić information content (AvgIpc) is 3.16. The second-order valence-corrected chi connectivity index (χ2v) is 8.15. The summed E-state index contributed by atoms with van der Waals surface area (Å²) in [7, 11) is 0. The molecule has 136 valence electrons. The number of anilines is 1. The van der Waals surface area contributed by atoms with Crippen LogP contribution < -0.4 is 11.1 Å². The van der Waals surface area contributed by atoms with Crippen molar-refractivity contribution in [2.45, 2.75) is 12.8 Å². The van der Waals surface area contributed by atoms with E-state index in [0.717, 1.165) is 37.8 Å². The molecule has 6 nitrogen and oxygen atoms in total. The van der Waals surface area contributed by atoms with Crippen molar-refractivity contribution in [3.63, 3.8) is 0 Å². The van der Waals surface area contributed by atoms with Crippen LogP contribution in [0.4, 0.5) is 5.95 Å². The van der Waals surface area contributed by atoms with Crippen molar-refractivity contribution in [1.29, 1.82) is 0 Å². The molecular weight excluding hydrogens is 530 g/mol. The van der Waals surface area contributed by atoms with E-state index in [1.807, 2.05) is 28.8 Å². The molecule has 26 heavy (non-hydrogen) atoms. The van der Waals surface area contributed by atoms with Gasteiger partial charge < -0.3 is 16.0 Å². The molecule has 0 spiro atoms. The summed E-state index contributed by atoms with van der Waals surface area (Å²) in [5.74, 6) is 0.273. The van der Waals surface area contributed by atoms with Crippen molar-refractivity contribution in [3.8, 4) is 5.69 Å². The lowest BCUT2D eigenvalue weighted by Crippen LogP contribution is -2.27. The molecule has 0 aliphatic heterocycles. The molecule has 1 aromatic carbocycles. The summed E-state index contributed by atoms with van der Waals surface area (Å²) in [6, 6.07) is 9.57. The number of nitrogens with one attached hydrogen (secondary N) is 2. The summed E-state index contributed by atoms with van der Waals surface area (Å²) in [6.07, 6.45) is 3.27. The van der Waals surface area contributed by atoms with Gasteiger partial charge in [-0.15, -0.1) is 0 Å². The highest BCUT2D eigenvalue weighted by molar-refractivity contribution is 9.13. The summed E-state index contributed by atoms with van der Waals surface area (Å²) in [4.78, 5) is 19.6. The van der Waals surface area contributed by atoms with Gasteiger partial charge in [-0.3, -0.25) is 9.36 Å². The number of halogens is 3. The fourth-order valence-corrected chi connectivity index (χ4v) is 3.71. The van der Waals surface area contributed by atoms with E-state index >= 15 is 0 Å². The van der Waals surface area contributed by atoms with Crippen LogP contribution in [0.1, 0.15) is 22.6 Å². The summed E-state index contributed by atoms with van der Waals surface area (Å²) >= 11 is 10.5. The van der Waals surface area contributed by atoms with Crippen molar-refractivity contribution in [2.24, 2.45) is 0 Å². The Morgan fingerprint density at radius 3 is 2.62 bits per heavy atom. The number of nitrogens with two attached hydrogens (primary N) is 1. The van der Waals surface area contributed by atoms with Crippen LogP contribution in [0, 0.1) is 0 Å². The van der Waals surface area contributed by atoms with E-state index in [1.165, 1.54) is 0 Å². The van der Waals surface area contributed by atoms with Gasteiger partial charge in [0, 0.05) is 22.4 Å². The second-order valence-electron chi connectivity index (χ2n) is 5.63. The maximum absolute atomic E-state index is 12.7. The minimum absolute atomic E-state index is 0.136. The van der Waals surface area contributed by atoms with Crippen LogP contribution in [0.2, 0.25) is 0 Å². The zero-order valence-corrected chi connectivity index (χ0v) is 18.4. The number of imidazole rings is 1. The predicted molar refractivity (Wildman–Crippen MR) is 113 cm³/mol. The monoisotopic (exact) mass is 543 g/mol. The number of benzene rings is 1. The molecule has 0 unspecified atom stereocenters. The first kappa shape index (κ1) is 19.2. The van der Waals surface area contributed by atoms with Gasteiger partial charge in [0.15, 0.2) is 5.95 Å². The maximum Gasteiger partial charge on any atom is 0.268 e.